The molecule has 82 valence electrons. The summed E-state index contributed by atoms with van der Waals surface area (Å²) in [4.78, 5) is 11.4. The molecule has 1 fully saturated rings. The van der Waals surface area contributed by atoms with E-state index in [-0.39, 0.29) is 22.0 Å². The monoisotopic (exact) mass is 216 g/mol. The Hall–Kier alpha value is -0.0400. The maximum absolute atomic E-state index is 11.4. The molecule has 0 radical (unpaired) electrons. The van der Waals surface area contributed by atoms with Gasteiger partial charge < -0.3 is 0 Å². The molecule has 0 atom stereocenters. The van der Waals surface area contributed by atoms with E-state index in [0.717, 1.165) is 25.7 Å². The molecule has 0 N–H and O–H groups in total. The van der Waals surface area contributed by atoms with Gasteiger partial charge in [0.05, 0.1) is 0 Å². The number of carbonyl (C=O) groups is 1. The molecule has 0 aliphatic heterocycles. The van der Waals surface area contributed by atoms with Crippen molar-refractivity contribution in [3.05, 3.63) is 0 Å². The highest BCUT2D eigenvalue weighted by Crippen LogP contribution is 2.76. The van der Waals surface area contributed by atoms with Crippen LogP contribution in [0.25, 0.3) is 0 Å². The van der Waals surface area contributed by atoms with Crippen molar-refractivity contribution in [3.63, 3.8) is 0 Å². The van der Waals surface area contributed by atoms with Gasteiger partial charge in [0.25, 0.3) is 0 Å². The lowest BCUT2D eigenvalue weighted by Gasteiger charge is -2.20. The van der Waals surface area contributed by atoms with Crippen LogP contribution in [-0.2, 0) is 4.79 Å². The Balaban J connectivity index is 3.02. The Kier molecular flexibility index (Phi) is 3.30. The summed E-state index contributed by atoms with van der Waals surface area (Å²) in [6.45, 7) is 8.74. The third-order valence-electron chi connectivity index (χ3n) is 4.76. The summed E-state index contributed by atoms with van der Waals surface area (Å²) in [6, 6.07) is 0. The van der Waals surface area contributed by atoms with Crippen molar-refractivity contribution in [2.24, 2.45) is 16.7 Å². The predicted octanol–water partition coefficient (Wildman–Crippen LogP) is 3.99. The fraction of sp³-hybridized carbons (Fsp3) is 0.917. The van der Waals surface area contributed by atoms with Crippen molar-refractivity contribution in [3.8, 4) is 0 Å². The number of carbonyl (C=O) groups excluding carboxylic acids is 1. The van der Waals surface area contributed by atoms with Crippen LogP contribution in [-0.4, -0.2) is 5.24 Å². The third kappa shape index (κ3) is 1.18. The van der Waals surface area contributed by atoms with Crippen LogP contribution in [0.3, 0.4) is 0 Å². The first-order valence-corrected chi connectivity index (χ1v) is 6.13. The Morgan fingerprint density at radius 2 is 1.29 bits per heavy atom. The second kappa shape index (κ2) is 3.84. The Bertz CT molecular complexity index is 208. The Morgan fingerprint density at radius 3 is 1.36 bits per heavy atom. The van der Waals surface area contributed by atoms with Crippen LogP contribution in [0.2, 0.25) is 0 Å². The van der Waals surface area contributed by atoms with E-state index in [1.54, 1.807) is 0 Å². The van der Waals surface area contributed by atoms with Crippen LogP contribution in [0.15, 0.2) is 0 Å². The molecule has 0 bridgehead atoms. The van der Waals surface area contributed by atoms with E-state index in [1.807, 2.05) is 0 Å². The standard InChI is InChI=1S/C12H21ClO/c1-5-11(6-2)9(10(13)14)12(11,7-3)8-4/h9H,5-8H2,1-4H3. The van der Waals surface area contributed by atoms with Gasteiger partial charge in [-0.05, 0) is 48.1 Å². The van der Waals surface area contributed by atoms with Crippen molar-refractivity contribution in [2.75, 3.05) is 0 Å². The molecule has 0 unspecified atom stereocenters. The van der Waals surface area contributed by atoms with E-state index < -0.39 is 0 Å². The van der Waals surface area contributed by atoms with Gasteiger partial charge in [-0.2, -0.15) is 0 Å². The average Bonchev–Trinajstić information content (AvgIpc) is 2.81. The lowest BCUT2D eigenvalue weighted by Crippen LogP contribution is -2.11. The number of halogens is 1. The maximum Gasteiger partial charge on any atom is 0.225 e. The quantitative estimate of drug-likeness (QED) is 0.635. The van der Waals surface area contributed by atoms with Gasteiger partial charge in [-0.15, -0.1) is 0 Å². The molecule has 1 aliphatic rings. The van der Waals surface area contributed by atoms with E-state index >= 15 is 0 Å². The largest absolute Gasteiger partial charge is 0.281 e. The van der Waals surface area contributed by atoms with E-state index in [9.17, 15) is 4.79 Å². The van der Waals surface area contributed by atoms with Crippen molar-refractivity contribution in [1.82, 2.24) is 0 Å². The molecule has 0 aromatic carbocycles. The smallest absolute Gasteiger partial charge is 0.225 e. The average molecular weight is 217 g/mol. The lowest BCUT2D eigenvalue weighted by atomic mass is 9.84. The molecule has 0 heterocycles. The third-order valence-corrected chi connectivity index (χ3v) is 4.98. The predicted molar refractivity (Wildman–Crippen MR) is 60.4 cm³/mol. The molecular formula is C12H21ClO. The minimum absolute atomic E-state index is 0.113. The minimum Gasteiger partial charge on any atom is -0.281 e. The lowest BCUT2D eigenvalue weighted by molar-refractivity contribution is -0.114. The molecule has 1 rings (SSSR count). The fourth-order valence-electron chi connectivity index (χ4n) is 3.90. The molecule has 1 nitrogen and oxygen atoms in total. The van der Waals surface area contributed by atoms with E-state index in [4.69, 9.17) is 11.6 Å². The van der Waals surface area contributed by atoms with E-state index in [0.29, 0.717) is 0 Å². The normalized spacial score (nSPS) is 23.5. The maximum atomic E-state index is 11.4. The Morgan fingerprint density at radius 1 is 1.00 bits per heavy atom. The van der Waals surface area contributed by atoms with Crippen LogP contribution in [0.1, 0.15) is 53.4 Å². The zero-order valence-electron chi connectivity index (χ0n) is 9.69. The molecule has 2 heteroatoms. The Labute approximate surface area is 92.2 Å². The number of hydrogen-bond donors (Lipinski definition) is 0. The summed E-state index contributed by atoms with van der Waals surface area (Å²) in [6.07, 6.45) is 4.31. The van der Waals surface area contributed by atoms with E-state index in [1.165, 1.54) is 0 Å². The molecule has 1 aliphatic carbocycles. The van der Waals surface area contributed by atoms with Crippen molar-refractivity contribution in [1.29, 1.82) is 0 Å². The molecule has 14 heavy (non-hydrogen) atoms. The zero-order valence-corrected chi connectivity index (χ0v) is 10.4. The van der Waals surface area contributed by atoms with Crippen LogP contribution in [0, 0.1) is 16.7 Å². The van der Waals surface area contributed by atoms with Crippen molar-refractivity contribution < 1.29 is 4.79 Å². The van der Waals surface area contributed by atoms with E-state index in [2.05, 4.69) is 27.7 Å². The second-order valence-electron chi connectivity index (χ2n) is 4.46. The molecule has 0 saturated heterocycles. The summed E-state index contributed by atoms with van der Waals surface area (Å²) in [5.74, 6) is 0.113. The molecule has 1 saturated carbocycles. The molecule has 0 aromatic rings. The van der Waals surface area contributed by atoms with Crippen LogP contribution >= 0.6 is 11.6 Å². The first kappa shape index (κ1) is 12.0. The van der Waals surface area contributed by atoms with Gasteiger partial charge in [0, 0.05) is 5.92 Å². The van der Waals surface area contributed by atoms with Crippen LogP contribution in [0.5, 0.6) is 0 Å². The molecule has 0 spiro atoms. The van der Waals surface area contributed by atoms with Crippen LogP contribution in [0.4, 0.5) is 0 Å². The highest BCUT2D eigenvalue weighted by atomic mass is 35.5. The topological polar surface area (TPSA) is 17.1 Å². The summed E-state index contributed by atoms with van der Waals surface area (Å²) >= 11 is 5.72. The summed E-state index contributed by atoms with van der Waals surface area (Å²) in [5.41, 5.74) is 0.407. The summed E-state index contributed by atoms with van der Waals surface area (Å²) in [7, 11) is 0. The second-order valence-corrected chi connectivity index (χ2v) is 4.84. The molecule has 0 aromatic heterocycles. The van der Waals surface area contributed by atoms with Gasteiger partial charge in [-0.1, -0.05) is 27.7 Å². The summed E-state index contributed by atoms with van der Waals surface area (Å²) in [5, 5.41) is -0.114. The highest BCUT2D eigenvalue weighted by Gasteiger charge is 2.74. The van der Waals surface area contributed by atoms with Gasteiger partial charge in [-0.3, -0.25) is 4.79 Å². The first-order valence-electron chi connectivity index (χ1n) is 5.75. The first-order chi connectivity index (χ1) is 6.56. The molecular weight excluding hydrogens is 196 g/mol. The molecule has 0 amide bonds. The SMILES string of the molecule is CCC1(CC)C(C(=O)Cl)C1(CC)CC. The minimum atomic E-state index is -0.114. The van der Waals surface area contributed by atoms with Gasteiger partial charge in [0.15, 0.2) is 0 Å². The van der Waals surface area contributed by atoms with Gasteiger partial charge in [0.2, 0.25) is 5.24 Å². The van der Waals surface area contributed by atoms with Gasteiger partial charge in [0.1, 0.15) is 0 Å². The fourth-order valence-corrected chi connectivity index (χ4v) is 4.32. The zero-order chi connectivity index (χ0) is 11.0. The van der Waals surface area contributed by atoms with Crippen molar-refractivity contribution in [2.45, 2.75) is 53.4 Å². The van der Waals surface area contributed by atoms with Crippen molar-refractivity contribution >= 4 is 16.8 Å². The van der Waals surface area contributed by atoms with Gasteiger partial charge >= 0.3 is 0 Å². The van der Waals surface area contributed by atoms with Crippen LogP contribution < -0.4 is 0 Å². The number of hydrogen-bond acceptors (Lipinski definition) is 1. The highest BCUT2D eigenvalue weighted by molar-refractivity contribution is 6.64. The summed E-state index contributed by atoms with van der Waals surface area (Å²) < 4.78 is 0. The number of rotatable bonds is 5. The van der Waals surface area contributed by atoms with Gasteiger partial charge in [-0.25, -0.2) is 0 Å².